The van der Waals surface area contributed by atoms with Crippen molar-refractivity contribution < 1.29 is 9.18 Å². The Morgan fingerprint density at radius 2 is 2.16 bits per heavy atom. The van der Waals surface area contributed by atoms with Crippen LogP contribution in [0.2, 0.25) is 0 Å². The zero-order chi connectivity index (χ0) is 14.0. The van der Waals surface area contributed by atoms with Gasteiger partial charge in [-0.05, 0) is 36.0 Å². The van der Waals surface area contributed by atoms with Gasteiger partial charge in [-0.3, -0.25) is 4.79 Å². The van der Waals surface area contributed by atoms with Crippen LogP contribution in [0.3, 0.4) is 0 Å². The maximum absolute atomic E-state index is 13.8. The third-order valence-corrected chi connectivity index (χ3v) is 4.77. The summed E-state index contributed by atoms with van der Waals surface area (Å²) in [6, 6.07) is 4.92. The zero-order valence-corrected chi connectivity index (χ0v) is 13.1. The molecule has 0 aliphatic heterocycles. The average Bonchev–Trinajstić information content (AvgIpc) is 2.32. The van der Waals surface area contributed by atoms with Gasteiger partial charge in [-0.15, -0.1) is 0 Å². The van der Waals surface area contributed by atoms with Crippen molar-refractivity contribution >= 4 is 21.7 Å². The molecule has 1 unspecified atom stereocenters. The van der Waals surface area contributed by atoms with Crippen molar-refractivity contribution in [1.29, 1.82) is 0 Å². The summed E-state index contributed by atoms with van der Waals surface area (Å²) in [7, 11) is 0. The molecule has 19 heavy (non-hydrogen) atoms. The molecule has 1 nitrogen and oxygen atoms in total. The normalized spacial score (nSPS) is 22.2. The molecule has 1 aliphatic carbocycles. The van der Waals surface area contributed by atoms with E-state index in [9.17, 15) is 9.18 Å². The molecule has 0 amide bonds. The Bertz CT molecular complexity index is 482. The van der Waals surface area contributed by atoms with Crippen molar-refractivity contribution in [1.82, 2.24) is 0 Å². The molecule has 1 saturated carbocycles. The van der Waals surface area contributed by atoms with E-state index in [4.69, 9.17) is 0 Å². The van der Waals surface area contributed by atoms with Gasteiger partial charge in [-0.1, -0.05) is 48.7 Å². The molecular weight excluding hydrogens is 307 g/mol. The molecule has 0 saturated heterocycles. The number of Topliss-reactive ketones (excluding diaryl/α,β-unsaturated/α-hetero) is 1. The lowest BCUT2D eigenvalue weighted by Crippen LogP contribution is -2.35. The highest BCUT2D eigenvalue weighted by Crippen LogP contribution is 2.41. The van der Waals surface area contributed by atoms with Crippen molar-refractivity contribution in [3.05, 3.63) is 34.1 Å². The van der Waals surface area contributed by atoms with Gasteiger partial charge in [0.2, 0.25) is 0 Å². The fourth-order valence-electron chi connectivity index (χ4n) is 3.07. The first kappa shape index (κ1) is 14.7. The van der Waals surface area contributed by atoms with Gasteiger partial charge >= 0.3 is 0 Å². The molecule has 0 aromatic heterocycles. The van der Waals surface area contributed by atoms with E-state index < -0.39 is 0 Å². The van der Waals surface area contributed by atoms with E-state index >= 15 is 0 Å². The van der Waals surface area contributed by atoms with Crippen LogP contribution < -0.4 is 0 Å². The largest absolute Gasteiger partial charge is 0.299 e. The molecule has 1 atom stereocenters. The van der Waals surface area contributed by atoms with Crippen molar-refractivity contribution in [2.45, 2.75) is 46.0 Å². The van der Waals surface area contributed by atoms with Gasteiger partial charge in [0.1, 0.15) is 11.6 Å². The Morgan fingerprint density at radius 1 is 1.42 bits per heavy atom. The van der Waals surface area contributed by atoms with Crippen molar-refractivity contribution in [3.8, 4) is 0 Å². The van der Waals surface area contributed by atoms with Crippen LogP contribution in [0.5, 0.6) is 0 Å². The highest BCUT2D eigenvalue weighted by molar-refractivity contribution is 9.10. The van der Waals surface area contributed by atoms with Gasteiger partial charge in [0, 0.05) is 16.8 Å². The van der Waals surface area contributed by atoms with Crippen LogP contribution in [0.1, 0.15) is 45.1 Å². The predicted molar refractivity (Wildman–Crippen MR) is 78.6 cm³/mol. The van der Waals surface area contributed by atoms with Crippen LogP contribution in [-0.4, -0.2) is 5.78 Å². The summed E-state index contributed by atoms with van der Waals surface area (Å²) in [4.78, 5) is 12.4. The highest BCUT2D eigenvalue weighted by Gasteiger charge is 2.36. The zero-order valence-electron chi connectivity index (χ0n) is 11.5. The second-order valence-electron chi connectivity index (χ2n) is 6.17. The molecule has 0 radical (unpaired) electrons. The second kappa shape index (κ2) is 5.74. The van der Waals surface area contributed by atoms with E-state index in [2.05, 4.69) is 29.8 Å². The van der Waals surface area contributed by atoms with Gasteiger partial charge in [0.05, 0.1) is 0 Å². The van der Waals surface area contributed by atoms with E-state index in [0.29, 0.717) is 10.0 Å². The second-order valence-corrected chi connectivity index (χ2v) is 7.08. The van der Waals surface area contributed by atoms with Crippen molar-refractivity contribution in [2.75, 3.05) is 0 Å². The van der Waals surface area contributed by atoms with Crippen LogP contribution in [0.25, 0.3) is 0 Å². The Hall–Kier alpha value is -0.700. The first-order valence-electron chi connectivity index (χ1n) is 6.87. The maximum Gasteiger partial charge on any atom is 0.140 e. The van der Waals surface area contributed by atoms with E-state index in [-0.39, 0.29) is 29.4 Å². The number of carbonyl (C=O) groups excluding carboxylic acids is 1. The Kier molecular flexibility index (Phi) is 4.44. The summed E-state index contributed by atoms with van der Waals surface area (Å²) in [5.41, 5.74) is 0.566. The molecular formula is C16H20BrFO. The SMILES string of the molecule is CC1(C)CCCCC1C(=O)Cc1ccc(Br)cc1F. The summed E-state index contributed by atoms with van der Waals surface area (Å²) in [5.74, 6) is -0.0356. The molecule has 1 aromatic carbocycles. The number of halogens is 2. The first-order valence-corrected chi connectivity index (χ1v) is 7.66. The van der Waals surface area contributed by atoms with Gasteiger partial charge in [0.15, 0.2) is 0 Å². The molecule has 1 aromatic rings. The third-order valence-electron chi connectivity index (χ3n) is 4.28. The van der Waals surface area contributed by atoms with Crippen LogP contribution >= 0.6 is 15.9 Å². The molecule has 2 rings (SSSR count). The summed E-state index contributed by atoms with van der Waals surface area (Å²) in [6.45, 7) is 4.32. The number of carbonyl (C=O) groups is 1. The van der Waals surface area contributed by atoms with E-state index in [0.717, 1.165) is 19.3 Å². The molecule has 0 spiro atoms. The van der Waals surface area contributed by atoms with Crippen LogP contribution in [0, 0.1) is 17.2 Å². The predicted octanol–water partition coefficient (Wildman–Crippen LogP) is 4.92. The van der Waals surface area contributed by atoms with Gasteiger partial charge in [-0.2, -0.15) is 0 Å². The number of hydrogen-bond donors (Lipinski definition) is 0. The molecule has 1 fully saturated rings. The van der Waals surface area contributed by atoms with Gasteiger partial charge in [-0.25, -0.2) is 4.39 Å². The minimum Gasteiger partial charge on any atom is -0.299 e. The lowest BCUT2D eigenvalue weighted by molar-refractivity contribution is -0.127. The minimum atomic E-state index is -0.295. The lowest BCUT2D eigenvalue weighted by Gasteiger charge is -2.37. The average molecular weight is 327 g/mol. The Morgan fingerprint density at radius 3 is 2.79 bits per heavy atom. The lowest BCUT2D eigenvalue weighted by atomic mass is 9.66. The molecule has 1 aliphatic rings. The van der Waals surface area contributed by atoms with Crippen LogP contribution in [0.15, 0.2) is 22.7 Å². The summed E-state index contributed by atoms with van der Waals surface area (Å²) >= 11 is 3.23. The van der Waals surface area contributed by atoms with Crippen molar-refractivity contribution in [3.63, 3.8) is 0 Å². The highest BCUT2D eigenvalue weighted by atomic mass is 79.9. The summed E-state index contributed by atoms with van der Waals surface area (Å²) < 4.78 is 14.5. The standard InChI is InChI=1S/C16H20BrFO/c1-16(2)8-4-3-5-13(16)15(19)9-11-6-7-12(17)10-14(11)18/h6-7,10,13H,3-5,8-9H2,1-2H3. The topological polar surface area (TPSA) is 17.1 Å². The summed E-state index contributed by atoms with van der Waals surface area (Å²) in [6.07, 6.45) is 4.56. The third kappa shape index (κ3) is 3.44. The van der Waals surface area contributed by atoms with Gasteiger partial charge in [0.25, 0.3) is 0 Å². The first-order chi connectivity index (χ1) is 8.90. The molecule has 3 heteroatoms. The fraction of sp³-hybridized carbons (Fsp3) is 0.562. The monoisotopic (exact) mass is 326 g/mol. The quantitative estimate of drug-likeness (QED) is 0.770. The smallest absolute Gasteiger partial charge is 0.140 e. The molecule has 0 N–H and O–H groups in total. The minimum absolute atomic E-state index is 0.0567. The Balaban J connectivity index is 2.12. The number of benzene rings is 1. The van der Waals surface area contributed by atoms with Crippen LogP contribution in [-0.2, 0) is 11.2 Å². The number of rotatable bonds is 3. The van der Waals surface area contributed by atoms with Crippen LogP contribution in [0.4, 0.5) is 4.39 Å². The molecule has 0 bridgehead atoms. The summed E-state index contributed by atoms with van der Waals surface area (Å²) in [5, 5.41) is 0. The van der Waals surface area contributed by atoms with Gasteiger partial charge < -0.3 is 0 Å². The molecule has 0 heterocycles. The number of ketones is 1. The van der Waals surface area contributed by atoms with E-state index in [1.165, 1.54) is 12.5 Å². The number of hydrogen-bond acceptors (Lipinski definition) is 1. The fourth-order valence-corrected chi connectivity index (χ4v) is 3.40. The van der Waals surface area contributed by atoms with E-state index in [1.54, 1.807) is 12.1 Å². The Labute approximate surface area is 122 Å². The van der Waals surface area contributed by atoms with Crippen molar-refractivity contribution in [2.24, 2.45) is 11.3 Å². The van der Waals surface area contributed by atoms with E-state index in [1.807, 2.05) is 0 Å². The molecule has 104 valence electrons. The maximum atomic E-state index is 13.8.